The zero-order valence-corrected chi connectivity index (χ0v) is 26.0. The lowest BCUT2D eigenvalue weighted by molar-refractivity contribution is -0.169. The number of nitrogens with zero attached hydrogens (tertiary/aromatic N) is 4. The highest BCUT2D eigenvalue weighted by atomic mass is 32.2. The van der Waals surface area contributed by atoms with E-state index in [1.54, 1.807) is 24.4 Å². The molecule has 3 atom stereocenters. The van der Waals surface area contributed by atoms with Gasteiger partial charge in [0.2, 0.25) is 6.29 Å². The van der Waals surface area contributed by atoms with E-state index in [1.807, 2.05) is 26.8 Å². The van der Waals surface area contributed by atoms with Gasteiger partial charge in [0.1, 0.15) is 28.9 Å². The van der Waals surface area contributed by atoms with E-state index in [4.69, 9.17) is 19.9 Å². The summed E-state index contributed by atoms with van der Waals surface area (Å²) in [7, 11) is 0. The molecule has 0 radical (unpaired) electrons. The van der Waals surface area contributed by atoms with Crippen molar-refractivity contribution < 1.29 is 38.6 Å². The first-order valence-corrected chi connectivity index (χ1v) is 15.6. The Morgan fingerprint density at radius 2 is 2.00 bits per heavy atom. The quantitative estimate of drug-likeness (QED) is 0.0808. The number of β-lactam (4-membered cyclic amide) rings is 1. The highest BCUT2D eigenvalue weighted by molar-refractivity contribution is 8.00. The number of anilines is 1. The van der Waals surface area contributed by atoms with Crippen LogP contribution in [0, 0.1) is 6.92 Å². The average molecular weight is 645 g/mol. The number of aromatic nitrogens is 2. The molecule has 2 aliphatic heterocycles. The number of carbonyl (C=O) groups is 4. The summed E-state index contributed by atoms with van der Waals surface area (Å²) in [4.78, 5) is 61.4. The molecular weight excluding hydrogens is 612 g/mol. The second-order valence-electron chi connectivity index (χ2n) is 9.66. The van der Waals surface area contributed by atoms with Gasteiger partial charge in [-0.2, -0.15) is 0 Å². The molecule has 2 aromatic heterocycles. The minimum Gasteiger partial charge on any atom is -0.431 e. The molecule has 1 unspecified atom stereocenters. The molecule has 44 heavy (non-hydrogen) atoms. The highest BCUT2D eigenvalue weighted by Crippen LogP contribution is 2.41. The normalized spacial score (nSPS) is 19.0. The number of carbonyl (C=O) groups excluding carboxylic acids is 4. The predicted molar refractivity (Wildman–Crippen MR) is 162 cm³/mol. The van der Waals surface area contributed by atoms with Crippen LogP contribution in [0.3, 0.4) is 0 Å². The van der Waals surface area contributed by atoms with E-state index in [0.717, 1.165) is 22.6 Å². The summed E-state index contributed by atoms with van der Waals surface area (Å²) in [5.41, 5.74) is 7.23. The van der Waals surface area contributed by atoms with E-state index in [2.05, 4.69) is 20.4 Å². The zero-order valence-electron chi connectivity index (χ0n) is 24.4. The number of hydrogen-bond acceptors (Lipinski definition) is 14. The minimum atomic E-state index is -1.32. The lowest BCUT2D eigenvalue weighted by Gasteiger charge is -2.49. The third-order valence-corrected chi connectivity index (χ3v) is 8.75. The van der Waals surface area contributed by atoms with Crippen molar-refractivity contribution in [2.45, 2.75) is 64.3 Å². The molecule has 2 amide bonds. The summed E-state index contributed by atoms with van der Waals surface area (Å²) in [5.74, 6) is -2.08. The standard InChI is InChI=1S/C28H32N6O8S2/c1-5-18(6-2)42-28(38)41-15(4)40-26(37)22-17(10-9-16-8-7-11-30-14(16)3)12-43-25-21(24(36)34(22)25)32-23(35)20(33-39)19-13-44-27(29)31-19/h7-11,13,15,18,21,25,39H,5-6,12H2,1-4H3,(H2,29,31)(H,32,35)/b10-9-,33-20?/t15?,21-,25-/m1/s1. The Balaban J connectivity index is 1.55. The summed E-state index contributed by atoms with van der Waals surface area (Å²) in [5, 5.41) is 15.9. The maximum absolute atomic E-state index is 13.5. The fourth-order valence-electron chi connectivity index (χ4n) is 4.43. The van der Waals surface area contributed by atoms with Gasteiger partial charge in [0.05, 0.1) is 0 Å². The van der Waals surface area contributed by atoms with Gasteiger partial charge in [-0.1, -0.05) is 37.2 Å². The molecule has 0 saturated carbocycles. The average Bonchev–Trinajstić information content (AvgIpc) is 3.43. The Labute approximate surface area is 261 Å². The van der Waals surface area contributed by atoms with E-state index in [-0.39, 0.29) is 28.4 Å². The highest BCUT2D eigenvalue weighted by Gasteiger charge is 2.54. The maximum atomic E-state index is 13.5. The van der Waals surface area contributed by atoms with Crippen LogP contribution < -0.4 is 11.1 Å². The van der Waals surface area contributed by atoms with Crippen LogP contribution in [0.25, 0.3) is 6.08 Å². The third kappa shape index (κ3) is 7.19. The predicted octanol–water partition coefficient (Wildman–Crippen LogP) is 3.21. The molecule has 14 nitrogen and oxygen atoms in total. The number of pyridine rings is 1. The van der Waals surface area contributed by atoms with Gasteiger partial charge in [-0.05, 0) is 37.0 Å². The van der Waals surface area contributed by atoms with Gasteiger partial charge >= 0.3 is 12.1 Å². The van der Waals surface area contributed by atoms with Crippen molar-refractivity contribution in [2.75, 3.05) is 11.5 Å². The Morgan fingerprint density at radius 3 is 2.64 bits per heavy atom. The van der Waals surface area contributed by atoms with Crippen molar-refractivity contribution in [1.29, 1.82) is 0 Å². The van der Waals surface area contributed by atoms with Crippen LogP contribution in [0.1, 0.15) is 50.6 Å². The number of hydrogen-bond donors (Lipinski definition) is 3. The third-order valence-electron chi connectivity index (χ3n) is 6.78. The van der Waals surface area contributed by atoms with Gasteiger partial charge in [-0.3, -0.25) is 19.5 Å². The number of thiazole rings is 1. The number of ether oxygens (including phenoxy) is 3. The zero-order chi connectivity index (χ0) is 32.0. The first-order valence-electron chi connectivity index (χ1n) is 13.7. The van der Waals surface area contributed by atoms with Crippen LogP contribution in [-0.2, 0) is 28.6 Å². The number of aryl methyl sites for hydroxylation is 1. The molecular formula is C28H32N6O8S2. The van der Waals surface area contributed by atoms with Crippen LogP contribution in [0.4, 0.5) is 9.93 Å². The van der Waals surface area contributed by atoms with Crippen molar-refractivity contribution in [3.05, 3.63) is 58.0 Å². The second-order valence-corrected chi connectivity index (χ2v) is 11.7. The number of fused-ring (bicyclic) bond motifs is 1. The number of rotatable bonds is 11. The molecule has 0 bridgehead atoms. The van der Waals surface area contributed by atoms with Gasteiger partial charge in [-0.15, -0.1) is 23.1 Å². The number of thioether (sulfide) groups is 1. The van der Waals surface area contributed by atoms with Gasteiger partial charge in [0.15, 0.2) is 10.8 Å². The fourth-order valence-corrected chi connectivity index (χ4v) is 6.29. The molecule has 1 fully saturated rings. The summed E-state index contributed by atoms with van der Waals surface area (Å²) in [6.07, 6.45) is 3.66. The maximum Gasteiger partial charge on any atom is 0.511 e. The van der Waals surface area contributed by atoms with Crippen molar-refractivity contribution >= 4 is 64.0 Å². The van der Waals surface area contributed by atoms with Crippen molar-refractivity contribution in [3.8, 4) is 0 Å². The molecule has 2 aromatic rings. The van der Waals surface area contributed by atoms with Crippen LogP contribution in [0.5, 0.6) is 0 Å². The van der Waals surface area contributed by atoms with Gasteiger partial charge in [0, 0.05) is 29.9 Å². The summed E-state index contributed by atoms with van der Waals surface area (Å²) < 4.78 is 15.8. The molecule has 4 N–H and O–H groups in total. The minimum absolute atomic E-state index is 0.0476. The number of oxime groups is 1. The van der Waals surface area contributed by atoms with E-state index in [1.165, 1.54) is 29.0 Å². The summed E-state index contributed by atoms with van der Waals surface area (Å²) in [6, 6.07) is 2.59. The number of nitrogen functional groups attached to an aromatic ring is 1. The molecule has 0 aliphatic carbocycles. The lowest BCUT2D eigenvalue weighted by Crippen LogP contribution is -2.71. The SMILES string of the molecule is CCC(CC)OC(=O)OC(C)OC(=O)C1=C(/C=C\c2cccnc2C)CS[C@@H]2[C@H](NC(=O)C(=NO)c3csc(N)n3)C(=O)N12. The Hall–Kier alpha value is -4.44. The number of amides is 2. The smallest absolute Gasteiger partial charge is 0.431 e. The van der Waals surface area contributed by atoms with Crippen LogP contribution >= 0.6 is 23.1 Å². The Bertz CT molecular complexity index is 1520. The number of nitrogens with one attached hydrogen (secondary N) is 1. The topological polar surface area (TPSA) is 196 Å². The van der Waals surface area contributed by atoms with E-state index >= 15 is 0 Å². The number of allylic oxidation sites excluding steroid dienone is 1. The molecule has 234 valence electrons. The Morgan fingerprint density at radius 1 is 1.25 bits per heavy atom. The van der Waals surface area contributed by atoms with E-state index < -0.39 is 47.4 Å². The molecule has 4 heterocycles. The van der Waals surface area contributed by atoms with E-state index in [9.17, 15) is 24.4 Å². The first-order chi connectivity index (χ1) is 21.1. The summed E-state index contributed by atoms with van der Waals surface area (Å²) >= 11 is 2.36. The van der Waals surface area contributed by atoms with Gasteiger partial charge < -0.3 is 30.5 Å². The molecule has 0 aromatic carbocycles. The lowest BCUT2D eigenvalue weighted by atomic mass is 10.0. The van der Waals surface area contributed by atoms with Crippen LogP contribution in [0.2, 0.25) is 0 Å². The molecule has 0 spiro atoms. The van der Waals surface area contributed by atoms with Gasteiger partial charge in [0.25, 0.3) is 11.8 Å². The number of nitrogens with two attached hydrogens (primary N) is 1. The Kier molecular flexibility index (Phi) is 10.6. The van der Waals surface area contributed by atoms with Crippen molar-refractivity contribution in [2.24, 2.45) is 5.16 Å². The molecule has 16 heteroatoms. The number of esters is 1. The molecule has 1 saturated heterocycles. The van der Waals surface area contributed by atoms with Gasteiger partial charge in [-0.25, -0.2) is 14.6 Å². The molecule has 2 aliphatic rings. The fraction of sp³-hybridized carbons (Fsp3) is 0.393. The largest absolute Gasteiger partial charge is 0.511 e. The first kappa shape index (κ1) is 32.5. The monoisotopic (exact) mass is 644 g/mol. The van der Waals surface area contributed by atoms with E-state index in [0.29, 0.717) is 18.4 Å². The van der Waals surface area contributed by atoms with Crippen LogP contribution in [0.15, 0.2) is 46.2 Å². The van der Waals surface area contributed by atoms with Crippen molar-refractivity contribution in [1.82, 2.24) is 20.2 Å². The second kappa shape index (κ2) is 14.4. The van der Waals surface area contributed by atoms with Crippen LogP contribution in [-0.4, -0.2) is 79.3 Å². The van der Waals surface area contributed by atoms with Crippen molar-refractivity contribution in [3.63, 3.8) is 0 Å². The molecule has 4 rings (SSSR count). The summed E-state index contributed by atoms with van der Waals surface area (Å²) in [6.45, 7) is 6.93.